The van der Waals surface area contributed by atoms with Gasteiger partial charge >= 0.3 is 5.97 Å². The summed E-state index contributed by atoms with van der Waals surface area (Å²) >= 11 is 3.39. The Morgan fingerprint density at radius 2 is 1.88 bits per heavy atom. The predicted octanol–water partition coefficient (Wildman–Crippen LogP) is 4.01. The molecule has 1 aliphatic heterocycles. The molecule has 0 radical (unpaired) electrons. The number of halogens is 1. The molecule has 0 bridgehead atoms. The molecular formula is C31H33IN2O8S. The highest BCUT2D eigenvalue weighted by molar-refractivity contribution is 14.1. The Morgan fingerprint density at radius 1 is 1.12 bits per heavy atom. The minimum Gasteiger partial charge on any atom is -0.493 e. The second-order valence-corrected chi connectivity index (χ2v) is 11.3. The van der Waals surface area contributed by atoms with Crippen molar-refractivity contribution in [1.82, 2.24) is 4.57 Å². The van der Waals surface area contributed by atoms with Crippen molar-refractivity contribution in [3.8, 4) is 23.0 Å². The Morgan fingerprint density at radius 3 is 2.56 bits per heavy atom. The maximum Gasteiger partial charge on any atom is 0.338 e. The Balaban J connectivity index is 1.94. The number of aromatic nitrogens is 1. The number of para-hydroxylation sites is 1. The molecule has 0 N–H and O–H groups in total. The number of benzene rings is 2. The van der Waals surface area contributed by atoms with Crippen LogP contribution in [0.25, 0.3) is 6.08 Å². The van der Waals surface area contributed by atoms with E-state index < -0.39 is 12.0 Å². The second kappa shape index (κ2) is 14.7. The molecule has 0 saturated heterocycles. The summed E-state index contributed by atoms with van der Waals surface area (Å²) in [5, 5.41) is 0. The molecule has 0 fully saturated rings. The fourth-order valence-electron chi connectivity index (χ4n) is 4.64. The van der Waals surface area contributed by atoms with E-state index in [1.54, 1.807) is 44.4 Å². The van der Waals surface area contributed by atoms with Crippen molar-refractivity contribution < 1.29 is 33.2 Å². The largest absolute Gasteiger partial charge is 0.493 e. The number of hydrogen-bond acceptors (Lipinski definition) is 10. The van der Waals surface area contributed by atoms with E-state index in [2.05, 4.69) is 34.2 Å². The number of carbonyl (C=O) groups excluding carboxylic acids is 1. The van der Waals surface area contributed by atoms with Gasteiger partial charge in [0, 0.05) is 12.7 Å². The van der Waals surface area contributed by atoms with E-state index in [9.17, 15) is 9.59 Å². The summed E-state index contributed by atoms with van der Waals surface area (Å²) in [6.45, 7) is 8.23. The lowest BCUT2D eigenvalue weighted by atomic mass is 9.94. The van der Waals surface area contributed by atoms with Gasteiger partial charge in [-0.05, 0) is 66.3 Å². The average Bonchev–Trinajstić information content (AvgIpc) is 3.29. The Bertz CT molecular complexity index is 1730. The van der Waals surface area contributed by atoms with Gasteiger partial charge in [0.05, 0.1) is 46.8 Å². The summed E-state index contributed by atoms with van der Waals surface area (Å²) in [6, 6.07) is 8.19. The number of esters is 1. The number of rotatable bonds is 13. The quantitative estimate of drug-likeness (QED) is 0.113. The van der Waals surface area contributed by atoms with Gasteiger partial charge in [-0.15, -0.1) is 0 Å². The summed E-state index contributed by atoms with van der Waals surface area (Å²) in [6.07, 6.45) is 3.43. The lowest BCUT2D eigenvalue weighted by Gasteiger charge is -2.27. The first-order valence-electron chi connectivity index (χ1n) is 13.4. The van der Waals surface area contributed by atoms with Crippen molar-refractivity contribution >= 4 is 46.0 Å². The molecule has 0 spiro atoms. The van der Waals surface area contributed by atoms with Crippen molar-refractivity contribution in [3.05, 3.63) is 88.6 Å². The van der Waals surface area contributed by atoms with E-state index in [-0.39, 0.29) is 24.3 Å². The third kappa shape index (κ3) is 6.81. The third-order valence-electron chi connectivity index (χ3n) is 6.47. The van der Waals surface area contributed by atoms with E-state index in [0.717, 1.165) is 9.13 Å². The zero-order chi connectivity index (χ0) is 31.1. The maximum absolute atomic E-state index is 14.2. The number of methoxy groups -OCH3 is 3. The summed E-state index contributed by atoms with van der Waals surface area (Å²) < 4.78 is 36.3. The van der Waals surface area contributed by atoms with Crippen LogP contribution in [0, 0.1) is 3.57 Å². The molecule has 0 aliphatic carbocycles. The Kier molecular flexibility index (Phi) is 11.0. The highest BCUT2D eigenvalue weighted by Crippen LogP contribution is 2.41. The molecular weight excluding hydrogens is 687 g/mol. The zero-order valence-electron chi connectivity index (χ0n) is 24.6. The van der Waals surface area contributed by atoms with Crippen LogP contribution >= 0.6 is 33.9 Å². The number of fused-ring (bicyclic) bond motifs is 1. The number of allylic oxidation sites excluding steroid dienone is 1. The molecule has 228 valence electrons. The van der Waals surface area contributed by atoms with Gasteiger partial charge in [0.2, 0.25) is 0 Å². The van der Waals surface area contributed by atoms with Crippen LogP contribution in [0.2, 0.25) is 0 Å². The number of thiazole rings is 1. The van der Waals surface area contributed by atoms with Crippen molar-refractivity contribution in [1.29, 1.82) is 0 Å². The Labute approximate surface area is 267 Å². The fourth-order valence-corrected chi connectivity index (χ4v) is 6.46. The molecule has 43 heavy (non-hydrogen) atoms. The van der Waals surface area contributed by atoms with Gasteiger partial charge in [-0.1, -0.05) is 36.1 Å². The van der Waals surface area contributed by atoms with Gasteiger partial charge in [0.1, 0.15) is 19.3 Å². The van der Waals surface area contributed by atoms with Crippen LogP contribution in [-0.4, -0.2) is 58.3 Å². The summed E-state index contributed by atoms with van der Waals surface area (Å²) in [4.78, 5) is 32.8. The van der Waals surface area contributed by atoms with Gasteiger partial charge in [0.15, 0.2) is 27.8 Å². The lowest BCUT2D eigenvalue weighted by molar-refractivity contribution is -0.140. The normalized spacial score (nSPS) is 14.6. The monoisotopic (exact) mass is 720 g/mol. The van der Waals surface area contributed by atoms with E-state index in [1.165, 1.54) is 30.1 Å². The number of nitrogens with zero attached hydrogens (tertiary/aromatic N) is 2. The SMILES string of the molecule is C=CCOc1c(I)cc(/C=c2/sc3n(c2=O)[C@H](c2cccc(OC)c2OCC)C(C(=O)OCCOC)=C(C)N=3)cc1OC. The van der Waals surface area contributed by atoms with Gasteiger partial charge in [-0.2, -0.15) is 0 Å². The number of hydrogen-bond donors (Lipinski definition) is 0. The molecule has 0 saturated carbocycles. The molecule has 10 nitrogen and oxygen atoms in total. The van der Waals surface area contributed by atoms with E-state index >= 15 is 0 Å². The van der Waals surface area contributed by atoms with Crippen LogP contribution in [0.5, 0.6) is 23.0 Å². The Hall–Kier alpha value is -3.62. The van der Waals surface area contributed by atoms with Crippen LogP contribution in [-0.2, 0) is 14.3 Å². The molecule has 2 heterocycles. The molecule has 4 rings (SSSR count). The van der Waals surface area contributed by atoms with Crippen LogP contribution in [0.3, 0.4) is 0 Å². The lowest BCUT2D eigenvalue weighted by Crippen LogP contribution is -2.40. The first-order valence-corrected chi connectivity index (χ1v) is 15.3. The molecule has 1 aromatic heterocycles. The van der Waals surface area contributed by atoms with Crippen LogP contribution in [0.15, 0.2) is 64.0 Å². The minimum atomic E-state index is -0.880. The van der Waals surface area contributed by atoms with Crippen molar-refractivity contribution in [2.24, 2.45) is 4.99 Å². The average molecular weight is 721 g/mol. The van der Waals surface area contributed by atoms with Crippen LogP contribution in [0.1, 0.15) is 31.0 Å². The summed E-state index contributed by atoms with van der Waals surface area (Å²) in [5.41, 5.74) is 1.64. The second-order valence-electron chi connectivity index (χ2n) is 9.16. The third-order valence-corrected chi connectivity index (χ3v) is 8.25. The van der Waals surface area contributed by atoms with E-state index in [1.807, 2.05) is 19.1 Å². The maximum atomic E-state index is 14.2. The van der Waals surface area contributed by atoms with Gasteiger partial charge in [0.25, 0.3) is 5.56 Å². The fraction of sp³-hybridized carbons (Fsp3) is 0.323. The molecule has 1 atom stereocenters. The van der Waals surface area contributed by atoms with Crippen LogP contribution < -0.4 is 33.8 Å². The smallest absolute Gasteiger partial charge is 0.338 e. The highest BCUT2D eigenvalue weighted by Gasteiger charge is 2.36. The van der Waals surface area contributed by atoms with Crippen molar-refractivity contribution in [2.45, 2.75) is 19.9 Å². The molecule has 12 heteroatoms. The highest BCUT2D eigenvalue weighted by atomic mass is 127. The van der Waals surface area contributed by atoms with Gasteiger partial charge < -0.3 is 28.4 Å². The molecule has 0 unspecified atom stereocenters. The molecule has 2 aromatic carbocycles. The van der Waals surface area contributed by atoms with Crippen LogP contribution in [0.4, 0.5) is 0 Å². The topological polar surface area (TPSA) is 107 Å². The first kappa shape index (κ1) is 32.3. The predicted molar refractivity (Wildman–Crippen MR) is 172 cm³/mol. The molecule has 1 aliphatic rings. The number of carbonyl (C=O) groups is 1. The van der Waals surface area contributed by atoms with E-state index in [4.69, 9.17) is 28.4 Å². The first-order chi connectivity index (χ1) is 20.8. The zero-order valence-corrected chi connectivity index (χ0v) is 27.6. The molecule has 3 aromatic rings. The standard InChI is InChI=1S/C31H33IN2O8S/c1-7-12-41-28-21(32)15-19(16-23(28)39-6)17-24-29(35)34-26(20-10-9-11-22(38-5)27(20)40-8-2)25(18(3)33-31(34)43-24)30(36)42-14-13-37-4/h7,9-11,15-17,26H,1,8,12-14H2,2-6H3/b24-17+/t26-/m1/s1. The van der Waals surface area contributed by atoms with Gasteiger partial charge in [-0.25, -0.2) is 9.79 Å². The van der Waals surface area contributed by atoms with E-state index in [0.29, 0.717) is 56.8 Å². The molecule has 0 amide bonds. The summed E-state index contributed by atoms with van der Waals surface area (Å²) in [7, 11) is 4.62. The van der Waals surface area contributed by atoms with Crippen molar-refractivity contribution in [3.63, 3.8) is 0 Å². The van der Waals surface area contributed by atoms with Gasteiger partial charge in [-0.3, -0.25) is 9.36 Å². The minimum absolute atomic E-state index is 0.0483. The number of ether oxygens (including phenoxy) is 6. The van der Waals surface area contributed by atoms with Crippen molar-refractivity contribution in [2.75, 3.05) is 47.8 Å². The summed E-state index contributed by atoms with van der Waals surface area (Å²) in [5.74, 6) is 1.43.